The average molecular weight is 455 g/mol. The Balaban J connectivity index is 1.29. The smallest absolute Gasteiger partial charge is 0.253 e. The molecule has 1 aliphatic heterocycles. The lowest BCUT2D eigenvalue weighted by Gasteiger charge is -2.32. The summed E-state index contributed by atoms with van der Waals surface area (Å²) in [4.78, 5) is 31.5. The fraction of sp³-hybridized carbons (Fsp3) is 0.259. The van der Waals surface area contributed by atoms with E-state index >= 15 is 0 Å². The number of amides is 2. The fourth-order valence-electron chi connectivity index (χ4n) is 4.11. The fourth-order valence-corrected chi connectivity index (χ4v) is 4.11. The molecule has 0 spiro atoms. The van der Waals surface area contributed by atoms with E-state index in [-0.39, 0.29) is 17.9 Å². The lowest BCUT2D eigenvalue weighted by molar-refractivity contribution is -0.121. The van der Waals surface area contributed by atoms with Gasteiger partial charge in [0, 0.05) is 36.5 Å². The SMILES string of the molecule is COc1ccc(CC(=O)NC2CCN(C(=O)c3ccc(-c4ncccc4C#N)cc3)CC2)cc1. The lowest BCUT2D eigenvalue weighted by Crippen LogP contribution is -2.46. The van der Waals surface area contributed by atoms with Gasteiger partial charge in [0.2, 0.25) is 5.91 Å². The zero-order valence-electron chi connectivity index (χ0n) is 19.0. The van der Waals surface area contributed by atoms with Crippen molar-refractivity contribution in [2.45, 2.75) is 25.3 Å². The predicted octanol–water partition coefficient (Wildman–Crippen LogP) is 3.59. The number of pyridine rings is 1. The Hall–Kier alpha value is -4.18. The van der Waals surface area contributed by atoms with Gasteiger partial charge >= 0.3 is 0 Å². The number of ether oxygens (including phenoxy) is 1. The van der Waals surface area contributed by atoms with Gasteiger partial charge in [-0.05, 0) is 54.8 Å². The molecule has 0 bridgehead atoms. The van der Waals surface area contributed by atoms with E-state index in [1.807, 2.05) is 41.3 Å². The summed E-state index contributed by atoms with van der Waals surface area (Å²) < 4.78 is 5.15. The van der Waals surface area contributed by atoms with Crippen molar-refractivity contribution in [3.8, 4) is 23.1 Å². The van der Waals surface area contributed by atoms with Crippen LogP contribution in [0.25, 0.3) is 11.3 Å². The molecule has 34 heavy (non-hydrogen) atoms. The topological polar surface area (TPSA) is 95.3 Å². The lowest BCUT2D eigenvalue weighted by atomic mass is 10.0. The second-order valence-electron chi connectivity index (χ2n) is 8.25. The molecule has 0 radical (unpaired) electrons. The van der Waals surface area contributed by atoms with Gasteiger partial charge in [0.25, 0.3) is 5.91 Å². The van der Waals surface area contributed by atoms with Crippen LogP contribution in [0.2, 0.25) is 0 Å². The minimum Gasteiger partial charge on any atom is -0.497 e. The highest BCUT2D eigenvalue weighted by Crippen LogP contribution is 2.22. The van der Waals surface area contributed by atoms with Crippen LogP contribution in [-0.2, 0) is 11.2 Å². The molecule has 172 valence electrons. The van der Waals surface area contributed by atoms with Gasteiger partial charge in [0.05, 0.1) is 24.8 Å². The predicted molar refractivity (Wildman–Crippen MR) is 128 cm³/mol. The second-order valence-corrected chi connectivity index (χ2v) is 8.25. The van der Waals surface area contributed by atoms with E-state index in [4.69, 9.17) is 4.74 Å². The van der Waals surface area contributed by atoms with E-state index in [1.54, 1.807) is 37.6 Å². The molecule has 7 nitrogen and oxygen atoms in total. The summed E-state index contributed by atoms with van der Waals surface area (Å²) in [6, 6.07) is 20.3. The van der Waals surface area contributed by atoms with Gasteiger partial charge in [-0.1, -0.05) is 24.3 Å². The van der Waals surface area contributed by atoms with Crippen LogP contribution in [0.1, 0.15) is 34.3 Å². The third-order valence-corrected chi connectivity index (χ3v) is 6.00. The second kappa shape index (κ2) is 10.6. The first kappa shape index (κ1) is 23.0. The number of hydrogen-bond donors (Lipinski definition) is 1. The third kappa shape index (κ3) is 5.41. The van der Waals surface area contributed by atoms with Gasteiger partial charge in [-0.15, -0.1) is 0 Å². The van der Waals surface area contributed by atoms with Gasteiger partial charge in [-0.25, -0.2) is 0 Å². The molecule has 1 aliphatic rings. The number of nitrogens with one attached hydrogen (secondary N) is 1. The van der Waals surface area contributed by atoms with E-state index in [0.717, 1.165) is 29.7 Å². The molecule has 1 aromatic heterocycles. The molecule has 7 heteroatoms. The third-order valence-electron chi connectivity index (χ3n) is 6.00. The molecule has 2 amide bonds. The van der Waals surface area contributed by atoms with Crippen molar-refractivity contribution in [2.24, 2.45) is 0 Å². The molecular formula is C27H26N4O3. The van der Waals surface area contributed by atoms with Crippen molar-refractivity contribution in [1.82, 2.24) is 15.2 Å². The van der Waals surface area contributed by atoms with E-state index in [1.165, 1.54) is 0 Å². The van der Waals surface area contributed by atoms with Crippen molar-refractivity contribution < 1.29 is 14.3 Å². The minimum absolute atomic E-state index is 0.0169. The molecule has 2 aromatic carbocycles. The molecule has 1 fully saturated rings. The van der Waals surface area contributed by atoms with Crippen LogP contribution in [0.3, 0.4) is 0 Å². The quantitative estimate of drug-likeness (QED) is 0.614. The van der Waals surface area contributed by atoms with Gasteiger partial charge in [-0.2, -0.15) is 5.26 Å². The highest BCUT2D eigenvalue weighted by Gasteiger charge is 2.24. The summed E-state index contributed by atoms with van der Waals surface area (Å²) in [5, 5.41) is 12.4. The van der Waals surface area contributed by atoms with Crippen molar-refractivity contribution >= 4 is 11.8 Å². The number of likely N-dealkylation sites (tertiary alicyclic amines) is 1. The van der Waals surface area contributed by atoms with E-state index in [0.29, 0.717) is 36.3 Å². The Morgan fingerprint density at radius 1 is 1.09 bits per heavy atom. The molecule has 4 rings (SSSR count). The Labute approximate surface area is 199 Å². The van der Waals surface area contributed by atoms with Crippen molar-refractivity contribution in [3.63, 3.8) is 0 Å². The maximum atomic E-state index is 13.0. The van der Waals surface area contributed by atoms with Gasteiger partial charge < -0.3 is 15.0 Å². The normalized spacial score (nSPS) is 13.7. The zero-order chi connectivity index (χ0) is 23.9. The highest BCUT2D eigenvalue weighted by molar-refractivity contribution is 5.94. The van der Waals surface area contributed by atoms with Crippen LogP contribution in [0.4, 0.5) is 0 Å². The molecular weight excluding hydrogens is 428 g/mol. The number of carbonyl (C=O) groups is 2. The first-order valence-corrected chi connectivity index (χ1v) is 11.2. The standard InChI is InChI=1S/C27H26N4O3/c1-34-24-10-4-19(5-11-24)17-25(32)30-23-12-15-31(16-13-23)27(33)21-8-6-20(7-9-21)26-22(18-28)3-2-14-29-26/h2-11,14,23H,12-13,15-17H2,1H3,(H,30,32). The molecule has 1 N–H and O–H groups in total. The largest absolute Gasteiger partial charge is 0.497 e. The van der Waals surface area contributed by atoms with Gasteiger partial charge in [0.15, 0.2) is 0 Å². The summed E-state index contributed by atoms with van der Waals surface area (Å²) >= 11 is 0. The van der Waals surface area contributed by atoms with Gasteiger partial charge in [0.1, 0.15) is 11.8 Å². The first-order chi connectivity index (χ1) is 16.6. The van der Waals surface area contributed by atoms with Crippen LogP contribution in [0, 0.1) is 11.3 Å². The number of nitriles is 1. The Morgan fingerprint density at radius 3 is 2.44 bits per heavy atom. The Morgan fingerprint density at radius 2 is 1.79 bits per heavy atom. The summed E-state index contributed by atoms with van der Waals surface area (Å²) in [7, 11) is 1.61. The number of methoxy groups -OCH3 is 1. The van der Waals surface area contributed by atoms with Crippen LogP contribution < -0.4 is 10.1 Å². The molecule has 0 aliphatic carbocycles. The van der Waals surface area contributed by atoms with Crippen molar-refractivity contribution in [1.29, 1.82) is 5.26 Å². The molecule has 3 aromatic rings. The minimum atomic E-state index is -0.0314. The van der Waals surface area contributed by atoms with Gasteiger partial charge in [-0.3, -0.25) is 14.6 Å². The molecule has 0 saturated carbocycles. The maximum Gasteiger partial charge on any atom is 0.253 e. The molecule has 0 atom stereocenters. The number of rotatable bonds is 6. The Bertz CT molecular complexity index is 1190. The summed E-state index contributed by atoms with van der Waals surface area (Å²) in [5.41, 5.74) is 3.43. The first-order valence-electron chi connectivity index (χ1n) is 11.2. The number of nitrogens with zero attached hydrogens (tertiary/aromatic N) is 3. The zero-order valence-corrected chi connectivity index (χ0v) is 19.0. The van der Waals surface area contributed by atoms with E-state index < -0.39 is 0 Å². The van der Waals surface area contributed by atoms with Crippen LogP contribution >= 0.6 is 0 Å². The average Bonchev–Trinajstić information content (AvgIpc) is 2.89. The molecule has 1 saturated heterocycles. The monoisotopic (exact) mass is 454 g/mol. The number of benzene rings is 2. The molecule has 0 unspecified atom stereocenters. The van der Waals surface area contributed by atoms with Crippen LogP contribution in [0.15, 0.2) is 66.9 Å². The summed E-state index contributed by atoms with van der Waals surface area (Å²) in [5.74, 6) is 0.715. The van der Waals surface area contributed by atoms with Crippen molar-refractivity contribution in [2.75, 3.05) is 20.2 Å². The van der Waals surface area contributed by atoms with E-state index in [9.17, 15) is 14.9 Å². The molecule has 2 heterocycles. The Kier molecular flexibility index (Phi) is 7.19. The number of aromatic nitrogens is 1. The number of hydrogen-bond acceptors (Lipinski definition) is 5. The number of carbonyl (C=O) groups excluding carboxylic acids is 2. The van der Waals surface area contributed by atoms with Crippen LogP contribution in [0.5, 0.6) is 5.75 Å². The van der Waals surface area contributed by atoms with Crippen LogP contribution in [-0.4, -0.2) is 47.9 Å². The number of piperidine rings is 1. The van der Waals surface area contributed by atoms with E-state index in [2.05, 4.69) is 16.4 Å². The van der Waals surface area contributed by atoms with Crippen molar-refractivity contribution in [3.05, 3.63) is 83.6 Å². The summed E-state index contributed by atoms with van der Waals surface area (Å²) in [6.07, 6.45) is 3.41. The highest BCUT2D eigenvalue weighted by atomic mass is 16.5. The summed E-state index contributed by atoms with van der Waals surface area (Å²) in [6.45, 7) is 1.18. The maximum absolute atomic E-state index is 13.0.